The fourth-order valence-corrected chi connectivity index (χ4v) is 4.28. The largest absolute Gasteiger partial charge is 0.398 e. The Morgan fingerprint density at radius 1 is 0.962 bits per heavy atom. The van der Waals surface area contributed by atoms with Crippen molar-refractivity contribution in [2.75, 3.05) is 31.9 Å². The van der Waals surface area contributed by atoms with E-state index in [0.717, 1.165) is 5.56 Å². The van der Waals surface area contributed by atoms with Crippen LogP contribution >= 0.6 is 12.4 Å². The standard InChI is InChI=1S/C18H21N3O3S.ClH/c1-14-6-8-15(9-7-14)25(23,24)21-12-10-20(11-13-21)18(22)16-4-2-3-5-17(16)19;/h2-9H,10-13,19H2,1H3;1H. The number of anilines is 1. The van der Waals surface area contributed by atoms with Crippen LogP contribution in [0.15, 0.2) is 53.4 Å². The molecule has 0 aliphatic carbocycles. The van der Waals surface area contributed by atoms with Crippen LogP contribution < -0.4 is 5.73 Å². The minimum Gasteiger partial charge on any atom is -0.398 e. The minimum atomic E-state index is -3.53. The van der Waals surface area contributed by atoms with E-state index in [1.807, 2.05) is 6.92 Å². The molecular formula is C18H22ClN3O3S. The van der Waals surface area contributed by atoms with Gasteiger partial charge in [-0.3, -0.25) is 4.79 Å². The summed E-state index contributed by atoms with van der Waals surface area (Å²) in [5.74, 6) is -0.162. The molecule has 0 bridgehead atoms. The lowest BCUT2D eigenvalue weighted by atomic mass is 10.1. The van der Waals surface area contributed by atoms with Gasteiger partial charge < -0.3 is 10.6 Å². The van der Waals surface area contributed by atoms with Crippen LogP contribution in [0.5, 0.6) is 0 Å². The zero-order chi connectivity index (χ0) is 18.0. The zero-order valence-electron chi connectivity index (χ0n) is 14.5. The summed E-state index contributed by atoms with van der Waals surface area (Å²) < 4.78 is 26.8. The van der Waals surface area contributed by atoms with Gasteiger partial charge >= 0.3 is 0 Å². The van der Waals surface area contributed by atoms with Gasteiger partial charge in [0.15, 0.2) is 0 Å². The van der Waals surface area contributed by atoms with Crippen LogP contribution in [-0.2, 0) is 10.0 Å². The van der Waals surface area contributed by atoms with Gasteiger partial charge in [-0.15, -0.1) is 12.4 Å². The summed E-state index contributed by atoms with van der Waals surface area (Å²) in [6.07, 6.45) is 0. The van der Waals surface area contributed by atoms with Gasteiger partial charge in [-0.1, -0.05) is 29.8 Å². The van der Waals surface area contributed by atoms with Crippen molar-refractivity contribution in [3.05, 3.63) is 59.7 Å². The predicted molar refractivity (Wildman–Crippen MR) is 104 cm³/mol. The van der Waals surface area contributed by atoms with Crippen molar-refractivity contribution in [2.24, 2.45) is 0 Å². The Morgan fingerprint density at radius 3 is 2.12 bits per heavy atom. The second-order valence-corrected chi connectivity index (χ2v) is 8.03. The number of aryl methyl sites for hydroxylation is 1. The summed E-state index contributed by atoms with van der Waals surface area (Å²) in [5, 5.41) is 0. The summed E-state index contributed by atoms with van der Waals surface area (Å²) in [5.41, 5.74) is 7.76. The molecule has 0 radical (unpaired) electrons. The SMILES string of the molecule is Cc1ccc(S(=O)(=O)N2CCN(C(=O)c3ccccc3N)CC2)cc1.Cl. The number of hydrogen-bond acceptors (Lipinski definition) is 4. The third kappa shape index (κ3) is 4.00. The quantitative estimate of drug-likeness (QED) is 0.807. The molecule has 0 spiro atoms. The van der Waals surface area contributed by atoms with E-state index in [4.69, 9.17) is 5.73 Å². The maximum atomic E-state index is 12.7. The van der Waals surface area contributed by atoms with Crippen LogP contribution in [0.3, 0.4) is 0 Å². The first-order chi connectivity index (χ1) is 11.9. The summed E-state index contributed by atoms with van der Waals surface area (Å²) in [6, 6.07) is 13.7. The van der Waals surface area contributed by atoms with Crippen molar-refractivity contribution in [3.63, 3.8) is 0 Å². The third-order valence-corrected chi connectivity index (χ3v) is 6.29. The highest BCUT2D eigenvalue weighted by molar-refractivity contribution is 7.89. The molecule has 6 nitrogen and oxygen atoms in total. The molecule has 3 rings (SSSR count). The van der Waals surface area contributed by atoms with Gasteiger partial charge in [0.2, 0.25) is 10.0 Å². The predicted octanol–water partition coefficient (Wildman–Crippen LogP) is 2.15. The fourth-order valence-electron chi connectivity index (χ4n) is 2.85. The van der Waals surface area contributed by atoms with Crippen molar-refractivity contribution >= 4 is 34.0 Å². The van der Waals surface area contributed by atoms with Crippen LogP contribution in [0.25, 0.3) is 0 Å². The number of nitrogens with zero attached hydrogens (tertiary/aromatic N) is 2. The summed E-state index contributed by atoms with van der Waals surface area (Å²) in [7, 11) is -3.53. The first kappa shape index (κ1) is 20.2. The Labute approximate surface area is 160 Å². The molecule has 26 heavy (non-hydrogen) atoms. The van der Waals surface area contributed by atoms with E-state index in [-0.39, 0.29) is 36.3 Å². The molecule has 0 saturated carbocycles. The number of sulfonamides is 1. The minimum absolute atomic E-state index is 0. The molecule has 0 atom stereocenters. The fraction of sp³-hybridized carbons (Fsp3) is 0.278. The molecule has 0 aromatic heterocycles. The van der Waals surface area contributed by atoms with Crippen molar-refractivity contribution < 1.29 is 13.2 Å². The van der Waals surface area contributed by atoms with E-state index in [1.165, 1.54) is 4.31 Å². The van der Waals surface area contributed by atoms with Crippen molar-refractivity contribution in [3.8, 4) is 0 Å². The van der Waals surface area contributed by atoms with Crippen molar-refractivity contribution in [1.29, 1.82) is 0 Å². The third-order valence-electron chi connectivity index (χ3n) is 4.38. The number of hydrogen-bond donors (Lipinski definition) is 1. The second-order valence-electron chi connectivity index (χ2n) is 6.10. The van der Waals surface area contributed by atoms with Gasteiger partial charge in [-0.05, 0) is 31.2 Å². The van der Waals surface area contributed by atoms with Crippen LogP contribution in [0, 0.1) is 6.92 Å². The molecule has 0 unspecified atom stereocenters. The first-order valence-corrected chi connectivity index (χ1v) is 9.54. The van der Waals surface area contributed by atoms with E-state index in [9.17, 15) is 13.2 Å². The molecular weight excluding hydrogens is 374 g/mol. The van der Waals surface area contributed by atoms with Crippen molar-refractivity contribution in [1.82, 2.24) is 9.21 Å². The molecule has 1 saturated heterocycles. The van der Waals surface area contributed by atoms with Crippen LogP contribution in [0.1, 0.15) is 15.9 Å². The topological polar surface area (TPSA) is 83.7 Å². The van der Waals surface area contributed by atoms with E-state index in [1.54, 1.807) is 53.4 Å². The number of amides is 1. The molecule has 140 valence electrons. The number of halogens is 1. The number of carbonyl (C=O) groups is 1. The lowest BCUT2D eigenvalue weighted by Crippen LogP contribution is -2.50. The lowest BCUT2D eigenvalue weighted by molar-refractivity contribution is 0.0699. The summed E-state index contributed by atoms with van der Waals surface area (Å²) in [4.78, 5) is 14.5. The van der Waals surface area contributed by atoms with E-state index in [0.29, 0.717) is 24.3 Å². The van der Waals surface area contributed by atoms with Gasteiger partial charge in [0.1, 0.15) is 0 Å². The number of benzene rings is 2. The lowest BCUT2D eigenvalue weighted by Gasteiger charge is -2.34. The Bertz CT molecular complexity index is 877. The van der Waals surface area contributed by atoms with Gasteiger partial charge in [0.05, 0.1) is 10.5 Å². The molecule has 1 heterocycles. The van der Waals surface area contributed by atoms with E-state index >= 15 is 0 Å². The van der Waals surface area contributed by atoms with Gasteiger partial charge in [0.25, 0.3) is 5.91 Å². The average Bonchev–Trinajstić information content (AvgIpc) is 2.62. The van der Waals surface area contributed by atoms with Gasteiger partial charge in [0, 0.05) is 31.9 Å². The molecule has 1 aliphatic heterocycles. The second kappa shape index (κ2) is 8.07. The molecule has 8 heteroatoms. The highest BCUT2D eigenvalue weighted by atomic mass is 35.5. The van der Waals surface area contributed by atoms with Gasteiger partial charge in [-0.25, -0.2) is 8.42 Å². The van der Waals surface area contributed by atoms with E-state index < -0.39 is 10.0 Å². The monoisotopic (exact) mass is 395 g/mol. The Morgan fingerprint density at radius 2 is 1.54 bits per heavy atom. The normalized spacial score (nSPS) is 15.3. The molecule has 2 N–H and O–H groups in total. The Balaban J connectivity index is 0.00000243. The molecule has 1 fully saturated rings. The van der Waals surface area contributed by atoms with Gasteiger partial charge in [-0.2, -0.15) is 4.31 Å². The first-order valence-electron chi connectivity index (χ1n) is 8.10. The summed E-state index contributed by atoms with van der Waals surface area (Å²) in [6.45, 7) is 3.15. The highest BCUT2D eigenvalue weighted by Crippen LogP contribution is 2.20. The number of piperazine rings is 1. The van der Waals surface area contributed by atoms with Crippen LogP contribution in [0.4, 0.5) is 5.69 Å². The number of nitrogen functional groups attached to an aromatic ring is 1. The maximum Gasteiger partial charge on any atom is 0.256 e. The molecule has 1 amide bonds. The smallest absolute Gasteiger partial charge is 0.256 e. The van der Waals surface area contributed by atoms with Crippen molar-refractivity contribution in [2.45, 2.75) is 11.8 Å². The molecule has 1 aliphatic rings. The Kier molecular flexibility index (Phi) is 6.28. The zero-order valence-corrected chi connectivity index (χ0v) is 16.1. The number of nitrogens with two attached hydrogens (primary N) is 1. The van der Waals surface area contributed by atoms with Crippen LogP contribution in [0.2, 0.25) is 0 Å². The number of carbonyl (C=O) groups excluding carboxylic acids is 1. The molecule has 2 aromatic rings. The van der Waals surface area contributed by atoms with E-state index in [2.05, 4.69) is 0 Å². The maximum absolute atomic E-state index is 12.7. The summed E-state index contributed by atoms with van der Waals surface area (Å²) >= 11 is 0. The Hall–Kier alpha value is -2.09. The number of rotatable bonds is 3. The highest BCUT2D eigenvalue weighted by Gasteiger charge is 2.30. The number of para-hydroxylation sites is 1. The van der Waals surface area contributed by atoms with Crippen LogP contribution in [-0.4, -0.2) is 49.7 Å². The average molecular weight is 396 g/mol. The molecule has 2 aromatic carbocycles.